The molecular formula is C18H27N5O3. The zero-order chi connectivity index (χ0) is 36.2. The number of aromatic amines is 1. The van der Waals surface area contributed by atoms with E-state index in [9.17, 15) is 9.59 Å². The van der Waals surface area contributed by atoms with Crippen LogP contribution in [0.4, 0.5) is 0 Å². The first-order valence-corrected chi connectivity index (χ1v) is 7.13. The van der Waals surface area contributed by atoms with Gasteiger partial charge < -0.3 is 15.3 Å². The standard InChI is InChI=1S/C18H27N5O3/c1-12(2)23-16-13(11-20-21-16)15(24)14(18(23)26)17(25)19-7-6-10-22-8-4-3-5-9-22/h11-12,24H,3-10H2,1-2H3,(H,19,25)(H,20,21)/i1D3,3D2,4D2,5D2,7D2,8D2,9D2,10D2,12D/hD2. The first-order valence-electron chi connectivity index (χ1n) is 17.0. The van der Waals surface area contributed by atoms with Gasteiger partial charge in [0.05, 0.1) is 13.0 Å². The van der Waals surface area contributed by atoms with Gasteiger partial charge in [-0.15, -0.1) is 0 Å². The van der Waals surface area contributed by atoms with Gasteiger partial charge in [-0.25, -0.2) is 0 Å². The van der Waals surface area contributed by atoms with Crippen molar-refractivity contribution in [2.24, 2.45) is 0 Å². The van der Waals surface area contributed by atoms with Crippen LogP contribution in [0.2, 0.25) is 1.41 Å². The molecule has 2 aromatic rings. The first-order chi connectivity index (χ1) is 20.2. The molecule has 0 saturated carbocycles. The van der Waals surface area contributed by atoms with E-state index in [1.54, 1.807) is 0 Å². The van der Waals surface area contributed by atoms with Crippen molar-refractivity contribution in [1.29, 1.82) is 1.43 Å². The van der Waals surface area contributed by atoms with E-state index in [-0.39, 0.29) is 4.57 Å². The minimum absolute atomic E-state index is 0.218. The Morgan fingerprint density at radius 1 is 1.65 bits per heavy atom. The maximum atomic E-state index is 13.6. The van der Waals surface area contributed by atoms with Gasteiger partial charge in [-0.3, -0.25) is 19.3 Å². The molecule has 1 fully saturated rings. The molecule has 1 aliphatic heterocycles. The highest BCUT2D eigenvalue weighted by Gasteiger charge is 2.24. The third-order valence-electron chi connectivity index (χ3n) is 3.24. The molecule has 0 radical (unpaired) electrons. The molecule has 0 aromatic carbocycles. The third kappa shape index (κ3) is 3.60. The molecule has 142 valence electrons. The molecule has 3 rings (SSSR count). The van der Waals surface area contributed by atoms with Crippen LogP contribution < -0.4 is 10.9 Å². The molecular weight excluding hydrogens is 334 g/mol. The maximum absolute atomic E-state index is 13.6. The number of piperidine rings is 1. The molecule has 3 heterocycles. The fraction of sp³-hybridized carbons (Fsp3) is 0.611. The van der Waals surface area contributed by atoms with Crippen molar-refractivity contribution in [3.05, 3.63) is 22.1 Å². The van der Waals surface area contributed by atoms with Crippen molar-refractivity contribution in [1.82, 2.24) is 25.0 Å². The van der Waals surface area contributed by atoms with Crippen molar-refractivity contribution in [3.8, 4) is 5.75 Å². The summed E-state index contributed by atoms with van der Waals surface area (Å²) >= 11 is 0. The van der Waals surface area contributed by atoms with E-state index >= 15 is 0 Å². The van der Waals surface area contributed by atoms with Crippen LogP contribution in [0.1, 0.15) is 80.4 Å². The summed E-state index contributed by atoms with van der Waals surface area (Å²) in [5, 5.41) is 9.04. The van der Waals surface area contributed by atoms with Crippen LogP contribution >= 0.6 is 0 Å². The second-order valence-corrected chi connectivity index (χ2v) is 4.91. The summed E-state index contributed by atoms with van der Waals surface area (Å²) in [6.45, 7) is -18.2. The van der Waals surface area contributed by atoms with Crippen LogP contribution in [0.25, 0.3) is 11.0 Å². The van der Waals surface area contributed by atoms with Gasteiger partial charge in [-0.2, -0.15) is 5.10 Å². The van der Waals surface area contributed by atoms with Gasteiger partial charge in [-0.1, -0.05) is 6.37 Å². The van der Waals surface area contributed by atoms with Gasteiger partial charge in [0, 0.05) is 35.8 Å². The Bertz CT molecular complexity index is 1560. The Kier molecular flexibility index (Phi) is 1.77. The average molecular weight is 382 g/mol. The summed E-state index contributed by atoms with van der Waals surface area (Å²) in [4.78, 5) is 26.4. The van der Waals surface area contributed by atoms with Gasteiger partial charge in [0.15, 0.2) is 1.41 Å². The molecule has 2 aromatic heterocycles. The van der Waals surface area contributed by atoms with Crippen LogP contribution in [0, 0.1) is 0 Å². The lowest BCUT2D eigenvalue weighted by Crippen LogP contribution is -2.36. The van der Waals surface area contributed by atoms with E-state index in [1.807, 2.05) is 0 Å². The van der Waals surface area contributed by atoms with Crippen LogP contribution in [0.3, 0.4) is 0 Å². The molecule has 1 saturated heterocycles. The summed E-state index contributed by atoms with van der Waals surface area (Å²) in [5.41, 5.74) is -3.61. The number of fused-ring (bicyclic) bond motifs is 1. The minimum Gasteiger partial charge on any atom is -0.506 e. The summed E-state index contributed by atoms with van der Waals surface area (Å²) < 4.78 is 161. The number of hydrogen-bond acceptors (Lipinski definition) is 5. The molecule has 1 atom stereocenters. The Balaban J connectivity index is 2.20. The number of rotatable bonds is 7. The number of amides is 1. The predicted octanol–water partition coefficient (Wildman–Crippen LogP) is 1.62. The molecule has 1 aliphatic rings. The topological polar surface area (TPSA) is 103 Å². The number of aromatic hydroxyl groups is 1. The van der Waals surface area contributed by atoms with Crippen molar-refractivity contribution in [2.75, 3.05) is 26.0 Å². The average Bonchev–Trinajstić information content (AvgIpc) is 3.32. The Hall–Kier alpha value is -2.35. The van der Waals surface area contributed by atoms with Gasteiger partial charge >= 0.3 is 0 Å². The van der Waals surface area contributed by atoms with Crippen molar-refractivity contribution in [3.63, 3.8) is 0 Å². The zero-order valence-electron chi connectivity index (χ0n) is 33.3. The number of hydrogen-bond donors (Lipinski definition) is 3. The number of aromatic nitrogens is 3. The van der Waals surface area contributed by atoms with Gasteiger partial charge in [0.2, 0.25) is 0 Å². The number of likely N-dealkylation sites (tertiary alicyclic amines) is 1. The molecule has 0 aliphatic carbocycles. The number of nitrogens with one attached hydrogen (secondary N) is 2. The monoisotopic (exact) mass is 381 g/mol. The van der Waals surface area contributed by atoms with E-state index in [1.165, 1.54) is 0 Å². The zero-order valence-corrected chi connectivity index (χ0v) is 13.3. The molecule has 1 unspecified atom stereocenters. The van der Waals surface area contributed by atoms with E-state index in [4.69, 9.17) is 27.5 Å². The highest BCUT2D eigenvalue weighted by atomic mass is 16.3. The number of carbonyl (C=O) groups is 1. The second kappa shape index (κ2) is 7.90. The van der Waals surface area contributed by atoms with Crippen molar-refractivity contribution < 1.29 is 36.0 Å². The van der Waals surface area contributed by atoms with E-state index in [0.29, 0.717) is 0 Å². The van der Waals surface area contributed by atoms with Crippen LogP contribution in [-0.4, -0.2) is 58.1 Å². The highest BCUT2D eigenvalue weighted by Crippen LogP contribution is 2.26. The van der Waals surface area contributed by atoms with Gasteiger partial charge in [-0.05, 0) is 52.4 Å². The number of nitrogens with zero attached hydrogens (tertiary/aromatic N) is 3. The highest BCUT2D eigenvalue weighted by molar-refractivity contribution is 6.01. The Morgan fingerprint density at radius 2 is 2.46 bits per heavy atom. The van der Waals surface area contributed by atoms with E-state index in [0.717, 1.165) is 13.1 Å². The largest absolute Gasteiger partial charge is 0.506 e. The maximum Gasteiger partial charge on any atom is 0.293 e. The third-order valence-corrected chi connectivity index (χ3v) is 3.24. The summed E-state index contributed by atoms with van der Waals surface area (Å²) in [5.74, 6) is -3.00. The summed E-state index contributed by atoms with van der Waals surface area (Å²) in [6.07, 6.45) is -13.0. The van der Waals surface area contributed by atoms with Gasteiger partial charge in [0.1, 0.15) is 17.0 Å². The normalized spacial score (nSPS) is 40.3. The molecule has 8 heteroatoms. The Morgan fingerprint density at radius 3 is 3.19 bits per heavy atom. The fourth-order valence-electron chi connectivity index (χ4n) is 2.16. The second-order valence-electron chi connectivity index (χ2n) is 4.91. The number of pyridine rings is 1. The lowest BCUT2D eigenvalue weighted by molar-refractivity contribution is 0.0946. The van der Waals surface area contributed by atoms with Crippen LogP contribution in [0.15, 0.2) is 11.0 Å². The molecule has 26 heavy (non-hydrogen) atoms. The van der Waals surface area contributed by atoms with E-state index < -0.39 is 108 Å². The smallest absolute Gasteiger partial charge is 0.293 e. The van der Waals surface area contributed by atoms with Crippen molar-refractivity contribution >= 4 is 16.9 Å². The molecule has 0 spiro atoms. The predicted molar refractivity (Wildman–Crippen MR) is 99.6 cm³/mol. The lowest BCUT2D eigenvalue weighted by atomic mass is 10.1. The number of H-pyrrole nitrogens is 1. The molecule has 1 amide bonds. The van der Waals surface area contributed by atoms with Gasteiger partial charge in [0.25, 0.3) is 12.9 Å². The molecule has 3 N–H and O–H groups in total. The SMILES string of the molecule is [2H]Oc1c(C(=O)N([2H])C([2H])([2H])CC([2H])([2H])N2C([2H])([2H])C([2H])([2H])C([2H])([2H])C([2H])([2H])C2([2H])[2H])c(=O)n(C([2H])(C)C([2H])([2H])[2H])c2[nH]ncc12. The fourth-order valence-corrected chi connectivity index (χ4v) is 2.16. The summed E-state index contributed by atoms with van der Waals surface area (Å²) in [7, 11) is 0. The Labute approximate surface area is 180 Å². The summed E-state index contributed by atoms with van der Waals surface area (Å²) in [6, 6.07) is -2.86. The quantitative estimate of drug-likeness (QED) is 0.676. The van der Waals surface area contributed by atoms with E-state index in [2.05, 4.69) is 15.3 Å². The van der Waals surface area contributed by atoms with Crippen LogP contribution in [0.5, 0.6) is 5.75 Å². The first kappa shape index (κ1) is 5.82. The molecule has 8 nitrogen and oxygen atoms in total. The minimum atomic E-state index is -4.04. The van der Waals surface area contributed by atoms with Crippen molar-refractivity contribution in [2.45, 2.75) is 45.3 Å². The lowest BCUT2D eigenvalue weighted by Gasteiger charge is -2.26. The number of carbonyl (C=O) groups excluding carboxylic acids is 1. The van der Waals surface area contributed by atoms with Crippen LogP contribution in [-0.2, 0) is 0 Å². The molecule has 0 bridgehead atoms.